The van der Waals surface area contributed by atoms with Gasteiger partial charge in [0.2, 0.25) is 11.8 Å². The summed E-state index contributed by atoms with van der Waals surface area (Å²) in [5.74, 6) is -0.242. The molecule has 0 unspecified atom stereocenters. The molecule has 6 nitrogen and oxygen atoms in total. The standard InChI is InChI=1S/C22H21ClN4O2S/c1-14-22(29)26(13-15-2-5-17-18(24)8-9-25-19(17)12-15)10-11-27(14)21(28)7-4-16-3-6-20(23)30-16/h2-9,12,14H,10-11,13H2,1H3,(H2,24,25)/b7-4+/t14-/m0/s1. The summed E-state index contributed by atoms with van der Waals surface area (Å²) in [7, 11) is 0. The molecule has 1 atom stereocenters. The van der Waals surface area contributed by atoms with Crippen LogP contribution in [0.1, 0.15) is 17.4 Å². The minimum Gasteiger partial charge on any atom is -0.398 e. The molecule has 1 aliphatic heterocycles. The summed E-state index contributed by atoms with van der Waals surface area (Å²) >= 11 is 7.32. The Labute approximate surface area is 183 Å². The Kier molecular flexibility index (Phi) is 5.74. The predicted molar refractivity (Wildman–Crippen MR) is 121 cm³/mol. The molecular formula is C22H21ClN4O2S. The summed E-state index contributed by atoms with van der Waals surface area (Å²) in [5.41, 5.74) is 8.45. The fourth-order valence-electron chi connectivity index (χ4n) is 3.59. The monoisotopic (exact) mass is 440 g/mol. The number of pyridine rings is 1. The number of fused-ring (bicyclic) bond motifs is 1. The number of thiophene rings is 1. The topological polar surface area (TPSA) is 79.5 Å². The van der Waals surface area contributed by atoms with Gasteiger partial charge in [-0.25, -0.2) is 0 Å². The van der Waals surface area contributed by atoms with E-state index in [-0.39, 0.29) is 11.8 Å². The average Bonchev–Trinajstić information content (AvgIpc) is 3.15. The van der Waals surface area contributed by atoms with Crippen LogP contribution in [0.5, 0.6) is 0 Å². The fraction of sp³-hybridized carbons (Fsp3) is 0.227. The second-order valence-electron chi connectivity index (χ2n) is 7.19. The SMILES string of the molecule is C[C@H]1C(=O)N(Cc2ccc3c(N)ccnc3c2)CCN1C(=O)/C=C/c1ccc(Cl)s1. The van der Waals surface area contributed by atoms with Gasteiger partial charge in [0.1, 0.15) is 6.04 Å². The van der Waals surface area contributed by atoms with Crippen molar-refractivity contribution in [2.24, 2.45) is 0 Å². The van der Waals surface area contributed by atoms with Gasteiger partial charge in [0.25, 0.3) is 0 Å². The van der Waals surface area contributed by atoms with Crippen molar-refractivity contribution in [3.63, 3.8) is 0 Å². The Morgan fingerprint density at radius 2 is 2.13 bits per heavy atom. The fourth-order valence-corrected chi connectivity index (χ4v) is 4.55. The Hall–Kier alpha value is -2.90. The van der Waals surface area contributed by atoms with Crippen LogP contribution in [0.4, 0.5) is 5.69 Å². The molecule has 0 bridgehead atoms. The summed E-state index contributed by atoms with van der Waals surface area (Å²) in [5, 5.41) is 0.898. The van der Waals surface area contributed by atoms with Crippen molar-refractivity contribution in [2.75, 3.05) is 18.8 Å². The van der Waals surface area contributed by atoms with Gasteiger partial charge < -0.3 is 15.5 Å². The number of aromatic nitrogens is 1. The van der Waals surface area contributed by atoms with E-state index in [1.807, 2.05) is 24.3 Å². The number of halogens is 1. The highest BCUT2D eigenvalue weighted by Crippen LogP contribution is 2.24. The molecular weight excluding hydrogens is 420 g/mol. The van der Waals surface area contributed by atoms with Gasteiger partial charge in [0, 0.05) is 47.9 Å². The highest BCUT2D eigenvalue weighted by Gasteiger charge is 2.33. The summed E-state index contributed by atoms with van der Waals surface area (Å²) in [6, 6.07) is 10.7. The van der Waals surface area contributed by atoms with E-state index in [0.29, 0.717) is 29.7 Å². The van der Waals surface area contributed by atoms with Gasteiger partial charge in [0.15, 0.2) is 0 Å². The van der Waals surface area contributed by atoms with Crippen LogP contribution >= 0.6 is 22.9 Å². The Bertz CT molecular complexity index is 1140. The minimum absolute atomic E-state index is 0.0669. The number of anilines is 1. The van der Waals surface area contributed by atoms with Crippen molar-refractivity contribution >= 4 is 57.4 Å². The first kappa shape index (κ1) is 20.4. The van der Waals surface area contributed by atoms with Gasteiger partial charge in [-0.05, 0) is 42.8 Å². The average molecular weight is 441 g/mol. The van der Waals surface area contributed by atoms with Gasteiger partial charge in [-0.3, -0.25) is 14.6 Å². The largest absolute Gasteiger partial charge is 0.398 e. The van der Waals surface area contributed by atoms with Crippen LogP contribution in [-0.4, -0.2) is 45.7 Å². The molecule has 1 aliphatic rings. The maximum atomic E-state index is 12.9. The van der Waals surface area contributed by atoms with E-state index in [9.17, 15) is 9.59 Å². The van der Waals surface area contributed by atoms with Crippen molar-refractivity contribution in [2.45, 2.75) is 19.5 Å². The van der Waals surface area contributed by atoms with Crippen LogP contribution in [0.25, 0.3) is 17.0 Å². The number of benzene rings is 1. The summed E-state index contributed by atoms with van der Waals surface area (Å²) < 4.78 is 0.672. The van der Waals surface area contributed by atoms with Crippen molar-refractivity contribution in [3.05, 3.63) is 63.4 Å². The summed E-state index contributed by atoms with van der Waals surface area (Å²) in [6.07, 6.45) is 4.91. The smallest absolute Gasteiger partial charge is 0.247 e. The molecule has 2 N–H and O–H groups in total. The second-order valence-corrected chi connectivity index (χ2v) is 8.94. The molecule has 0 spiro atoms. The van der Waals surface area contributed by atoms with Crippen LogP contribution in [0.15, 0.2) is 48.7 Å². The number of rotatable bonds is 4. The number of hydrogen-bond donors (Lipinski definition) is 1. The molecule has 2 amide bonds. The van der Waals surface area contributed by atoms with Gasteiger partial charge in [-0.15, -0.1) is 11.3 Å². The normalized spacial score (nSPS) is 17.3. The van der Waals surface area contributed by atoms with Gasteiger partial charge in [0.05, 0.1) is 9.85 Å². The number of carbonyl (C=O) groups is 2. The molecule has 1 aromatic carbocycles. The third-order valence-electron chi connectivity index (χ3n) is 5.23. The number of nitrogen functional groups attached to an aromatic ring is 1. The predicted octanol–water partition coefficient (Wildman–Crippen LogP) is 3.80. The van der Waals surface area contributed by atoms with E-state index >= 15 is 0 Å². The number of piperazine rings is 1. The molecule has 2 aromatic heterocycles. The molecule has 30 heavy (non-hydrogen) atoms. The minimum atomic E-state index is -0.517. The first-order valence-corrected chi connectivity index (χ1v) is 10.8. The quantitative estimate of drug-likeness (QED) is 0.626. The molecule has 0 aliphatic carbocycles. The Morgan fingerprint density at radius 1 is 1.30 bits per heavy atom. The van der Waals surface area contributed by atoms with Crippen LogP contribution in [0, 0.1) is 0 Å². The molecule has 154 valence electrons. The lowest BCUT2D eigenvalue weighted by molar-refractivity contribution is -0.148. The van der Waals surface area contributed by atoms with Gasteiger partial charge in [-0.2, -0.15) is 0 Å². The highest BCUT2D eigenvalue weighted by atomic mass is 35.5. The van der Waals surface area contributed by atoms with Gasteiger partial charge >= 0.3 is 0 Å². The number of hydrogen-bond acceptors (Lipinski definition) is 5. The van der Waals surface area contributed by atoms with Crippen molar-refractivity contribution < 1.29 is 9.59 Å². The molecule has 0 saturated carbocycles. The zero-order chi connectivity index (χ0) is 21.3. The van der Waals surface area contributed by atoms with E-state index in [4.69, 9.17) is 17.3 Å². The molecule has 3 aromatic rings. The van der Waals surface area contributed by atoms with Crippen molar-refractivity contribution in [1.82, 2.24) is 14.8 Å². The molecule has 1 saturated heterocycles. The Balaban J connectivity index is 1.43. The van der Waals surface area contributed by atoms with Crippen LogP contribution in [0.2, 0.25) is 4.34 Å². The van der Waals surface area contributed by atoms with Crippen LogP contribution in [0.3, 0.4) is 0 Å². The van der Waals surface area contributed by atoms with E-state index in [0.717, 1.165) is 21.3 Å². The van der Waals surface area contributed by atoms with E-state index in [1.165, 1.54) is 17.4 Å². The number of amides is 2. The third kappa shape index (κ3) is 4.17. The number of carbonyl (C=O) groups excluding carboxylic acids is 2. The van der Waals surface area contributed by atoms with E-state index in [2.05, 4.69) is 4.98 Å². The van der Waals surface area contributed by atoms with E-state index in [1.54, 1.807) is 41.1 Å². The number of nitrogens with two attached hydrogens (primary N) is 1. The third-order valence-corrected chi connectivity index (χ3v) is 6.43. The lowest BCUT2D eigenvalue weighted by Crippen LogP contribution is -2.56. The van der Waals surface area contributed by atoms with Crippen LogP contribution < -0.4 is 5.73 Å². The van der Waals surface area contributed by atoms with Crippen molar-refractivity contribution in [1.29, 1.82) is 0 Å². The summed E-state index contributed by atoms with van der Waals surface area (Å²) in [4.78, 5) is 34.1. The molecule has 4 rings (SSSR count). The van der Waals surface area contributed by atoms with E-state index < -0.39 is 6.04 Å². The maximum absolute atomic E-state index is 12.9. The molecule has 8 heteroatoms. The maximum Gasteiger partial charge on any atom is 0.247 e. The van der Waals surface area contributed by atoms with Gasteiger partial charge in [-0.1, -0.05) is 23.7 Å². The Morgan fingerprint density at radius 3 is 2.90 bits per heavy atom. The van der Waals surface area contributed by atoms with Crippen molar-refractivity contribution in [3.8, 4) is 0 Å². The first-order chi connectivity index (χ1) is 14.4. The second kappa shape index (κ2) is 8.45. The zero-order valence-electron chi connectivity index (χ0n) is 16.4. The van der Waals surface area contributed by atoms with Crippen LogP contribution in [-0.2, 0) is 16.1 Å². The number of nitrogens with zero attached hydrogens (tertiary/aromatic N) is 3. The highest BCUT2D eigenvalue weighted by molar-refractivity contribution is 7.17. The first-order valence-electron chi connectivity index (χ1n) is 9.58. The molecule has 0 radical (unpaired) electrons. The molecule has 3 heterocycles. The molecule has 1 fully saturated rings. The summed E-state index contributed by atoms with van der Waals surface area (Å²) in [6.45, 7) is 3.21. The lowest BCUT2D eigenvalue weighted by atomic mass is 10.1. The lowest BCUT2D eigenvalue weighted by Gasteiger charge is -2.38. The zero-order valence-corrected chi connectivity index (χ0v) is 18.0.